The van der Waals surface area contributed by atoms with Crippen molar-refractivity contribution in [1.82, 2.24) is 0 Å². The van der Waals surface area contributed by atoms with E-state index in [2.05, 4.69) is 81.4 Å². The molecule has 0 fully saturated rings. The molecule has 0 radical (unpaired) electrons. The predicted octanol–water partition coefficient (Wildman–Crippen LogP) is 3.62. The van der Waals surface area contributed by atoms with Crippen molar-refractivity contribution in [3.05, 3.63) is 60.7 Å². The molecule has 4 heteroatoms. The van der Waals surface area contributed by atoms with Crippen molar-refractivity contribution in [2.75, 3.05) is 33.0 Å². The van der Waals surface area contributed by atoms with Gasteiger partial charge in [-0.05, 0) is 22.3 Å². The van der Waals surface area contributed by atoms with E-state index >= 15 is 0 Å². The Morgan fingerprint density at radius 3 is 1.62 bits per heavy atom. The van der Waals surface area contributed by atoms with Crippen molar-refractivity contribution in [1.29, 1.82) is 0 Å². The molecule has 0 aliphatic heterocycles. The van der Waals surface area contributed by atoms with Crippen molar-refractivity contribution >= 4 is 18.7 Å². The minimum atomic E-state index is -2.44. The molecule has 0 aromatic heterocycles. The van der Waals surface area contributed by atoms with Gasteiger partial charge < -0.3 is 13.9 Å². The van der Waals surface area contributed by atoms with E-state index in [0.29, 0.717) is 26.4 Å². The molecule has 142 valence electrons. The molecule has 0 N–H and O–H groups in total. The van der Waals surface area contributed by atoms with Crippen LogP contribution in [-0.4, -0.2) is 41.4 Å². The molecule has 0 aliphatic carbocycles. The average molecular weight is 373 g/mol. The fraction of sp³-hybridized carbons (Fsp3) is 0.455. The van der Waals surface area contributed by atoms with Gasteiger partial charge in [0.2, 0.25) is 0 Å². The van der Waals surface area contributed by atoms with Gasteiger partial charge in [-0.3, -0.25) is 0 Å². The van der Waals surface area contributed by atoms with Gasteiger partial charge >= 0.3 is 0 Å². The molecule has 0 unspecified atom stereocenters. The van der Waals surface area contributed by atoms with Crippen molar-refractivity contribution in [2.45, 2.75) is 32.7 Å². The summed E-state index contributed by atoms with van der Waals surface area (Å²) in [6.45, 7) is 12.0. The molecule has 3 nitrogen and oxygen atoms in total. The summed E-state index contributed by atoms with van der Waals surface area (Å²) >= 11 is 0. The first kappa shape index (κ1) is 20.8. The van der Waals surface area contributed by atoms with Crippen LogP contribution in [0.5, 0.6) is 0 Å². The van der Waals surface area contributed by atoms with Crippen molar-refractivity contribution < 1.29 is 13.9 Å². The lowest BCUT2D eigenvalue weighted by molar-refractivity contribution is 0.0392. The monoisotopic (exact) mass is 372 g/mol. The van der Waals surface area contributed by atoms with Crippen LogP contribution in [0.2, 0.25) is 5.04 Å². The third kappa shape index (κ3) is 5.04. The Morgan fingerprint density at radius 2 is 1.15 bits per heavy atom. The van der Waals surface area contributed by atoms with Gasteiger partial charge in [-0.15, -0.1) is 0 Å². The molecule has 0 amide bonds. The Hall–Kier alpha value is -1.46. The third-order valence-electron chi connectivity index (χ3n) is 4.54. The Morgan fingerprint density at radius 1 is 0.692 bits per heavy atom. The van der Waals surface area contributed by atoms with E-state index in [-0.39, 0.29) is 5.04 Å². The zero-order valence-corrected chi connectivity index (χ0v) is 17.5. The summed E-state index contributed by atoms with van der Waals surface area (Å²) in [5, 5.41) is 2.60. The number of hydrogen-bond acceptors (Lipinski definition) is 3. The topological polar surface area (TPSA) is 27.7 Å². The van der Waals surface area contributed by atoms with E-state index in [1.807, 2.05) is 6.92 Å². The quantitative estimate of drug-likeness (QED) is 0.471. The lowest BCUT2D eigenvalue weighted by atomic mass is 10.2. The van der Waals surface area contributed by atoms with Gasteiger partial charge in [0.05, 0.1) is 26.4 Å². The summed E-state index contributed by atoms with van der Waals surface area (Å²) in [5.74, 6) is 0. The van der Waals surface area contributed by atoms with Gasteiger partial charge in [0, 0.05) is 6.61 Å². The molecule has 2 rings (SSSR count). The van der Waals surface area contributed by atoms with E-state index in [4.69, 9.17) is 13.9 Å². The van der Waals surface area contributed by atoms with Gasteiger partial charge in [0.25, 0.3) is 8.32 Å². The molecule has 0 bridgehead atoms. The molecule has 26 heavy (non-hydrogen) atoms. The van der Waals surface area contributed by atoms with Gasteiger partial charge in [-0.25, -0.2) is 0 Å². The highest BCUT2D eigenvalue weighted by Gasteiger charge is 2.49. The summed E-state index contributed by atoms with van der Waals surface area (Å²) in [4.78, 5) is 0. The summed E-state index contributed by atoms with van der Waals surface area (Å²) in [7, 11) is -2.44. The zero-order valence-electron chi connectivity index (χ0n) is 16.5. The SMILES string of the molecule is CCOCCOCCO[Si](c1ccccc1)(c1ccccc1)C(C)(C)C. The van der Waals surface area contributed by atoms with Crippen LogP contribution in [0.1, 0.15) is 27.7 Å². The molecular formula is C22H32O3Si. The second-order valence-electron chi connectivity index (χ2n) is 7.32. The largest absolute Gasteiger partial charge is 0.405 e. The maximum Gasteiger partial charge on any atom is 0.261 e. The van der Waals surface area contributed by atoms with Crippen LogP contribution in [0.25, 0.3) is 0 Å². The van der Waals surface area contributed by atoms with Crippen LogP contribution < -0.4 is 10.4 Å². The maximum absolute atomic E-state index is 6.75. The molecule has 2 aromatic rings. The lowest BCUT2D eigenvalue weighted by Gasteiger charge is -2.43. The van der Waals surface area contributed by atoms with Crippen LogP contribution in [0.3, 0.4) is 0 Å². The Labute approximate surface area is 159 Å². The Balaban J connectivity index is 2.24. The summed E-state index contributed by atoms with van der Waals surface area (Å²) in [6.07, 6.45) is 0. The third-order valence-corrected chi connectivity index (χ3v) is 9.58. The van der Waals surface area contributed by atoms with E-state index in [1.54, 1.807) is 0 Å². The molecule has 0 spiro atoms. The number of rotatable bonds is 10. The highest BCUT2D eigenvalue weighted by molar-refractivity contribution is 6.99. The number of hydrogen-bond donors (Lipinski definition) is 0. The van der Waals surface area contributed by atoms with Crippen molar-refractivity contribution in [3.8, 4) is 0 Å². The standard InChI is InChI=1S/C22H32O3Si/c1-5-23-16-17-24-18-19-25-26(22(2,3)4,20-12-8-6-9-13-20)21-14-10-7-11-15-21/h6-15H,5,16-19H2,1-4H3. The van der Waals surface area contributed by atoms with Crippen molar-refractivity contribution in [2.24, 2.45) is 0 Å². The summed E-state index contributed by atoms with van der Waals surface area (Å²) in [5.41, 5.74) is 0. The Bertz CT molecular complexity index is 583. The second-order valence-corrected chi connectivity index (χ2v) is 11.6. The molecular weight excluding hydrogens is 340 g/mol. The number of benzene rings is 2. The molecule has 0 atom stereocenters. The zero-order chi connectivity index (χ0) is 18.9. The van der Waals surface area contributed by atoms with Gasteiger partial charge in [-0.1, -0.05) is 81.4 Å². The summed E-state index contributed by atoms with van der Waals surface area (Å²) < 4.78 is 17.8. The highest BCUT2D eigenvalue weighted by atomic mass is 28.4. The maximum atomic E-state index is 6.75. The fourth-order valence-corrected chi connectivity index (χ4v) is 7.92. The highest BCUT2D eigenvalue weighted by Crippen LogP contribution is 2.36. The first-order valence-corrected chi connectivity index (χ1v) is 11.3. The van der Waals surface area contributed by atoms with Crippen LogP contribution in [0.4, 0.5) is 0 Å². The summed E-state index contributed by atoms with van der Waals surface area (Å²) in [6, 6.07) is 21.4. The van der Waals surface area contributed by atoms with Gasteiger partial charge in [0.15, 0.2) is 0 Å². The smallest absolute Gasteiger partial charge is 0.261 e. The predicted molar refractivity (Wildman–Crippen MR) is 111 cm³/mol. The molecule has 0 saturated heterocycles. The van der Waals surface area contributed by atoms with Crippen LogP contribution in [0.15, 0.2) is 60.7 Å². The fourth-order valence-electron chi connectivity index (χ4n) is 3.38. The van der Waals surface area contributed by atoms with Crippen LogP contribution in [0, 0.1) is 0 Å². The number of ether oxygens (including phenoxy) is 2. The first-order valence-electron chi connectivity index (χ1n) is 9.43. The van der Waals surface area contributed by atoms with E-state index in [9.17, 15) is 0 Å². The van der Waals surface area contributed by atoms with Crippen LogP contribution >= 0.6 is 0 Å². The van der Waals surface area contributed by atoms with Gasteiger partial charge in [0.1, 0.15) is 0 Å². The minimum absolute atomic E-state index is 0.00102. The molecule has 0 heterocycles. The van der Waals surface area contributed by atoms with Gasteiger partial charge in [-0.2, -0.15) is 0 Å². The first-order chi connectivity index (χ1) is 12.5. The van der Waals surface area contributed by atoms with E-state index in [0.717, 1.165) is 6.61 Å². The minimum Gasteiger partial charge on any atom is -0.405 e. The van der Waals surface area contributed by atoms with E-state index in [1.165, 1.54) is 10.4 Å². The lowest BCUT2D eigenvalue weighted by Crippen LogP contribution is -2.66. The van der Waals surface area contributed by atoms with Crippen LogP contribution in [-0.2, 0) is 13.9 Å². The van der Waals surface area contributed by atoms with E-state index < -0.39 is 8.32 Å². The molecule has 2 aromatic carbocycles. The Kier molecular flexibility index (Phi) is 8.03. The normalized spacial score (nSPS) is 12.3. The molecule has 0 saturated carbocycles. The van der Waals surface area contributed by atoms with Crippen molar-refractivity contribution in [3.63, 3.8) is 0 Å². The average Bonchev–Trinajstić information content (AvgIpc) is 2.64. The molecule has 0 aliphatic rings. The second kappa shape index (κ2) is 10.0.